The van der Waals surface area contributed by atoms with Crippen LogP contribution in [0.15, 0.2) is 42.5 Å². The number of nitrogens with zero attached hydrogens (tertiary/aromatic N) is 2. The maximum atomic E-state index is 13.7. The predicted octanol–water partition coefficient (Wildman–Crippen LogP) is 7.22. The minimum Gasteiger partial charge on any atom is -0.466 e. The van der Waals surface area contributed by atoms with Gasteiger partial charge in [-0.25, -0.2) is 4.68 Å². The van der Waals surface area contributed by atoms with Gasteiger partial charge in [-0.1, -0.05) is 38.1 Å². The molecule has 43 heavy (non-hydrogen) atoms. The number of fused-ring (bicyclic) bond motifs is 1. The van der Waals surface area contributed by atoms with Gasteiger partial charge in [0.05, 0.1) is 23.6 Å². The van der Waals surface area contributed by atoms with Crippen LogP contribution in [-0.2, 0) is 26.9 Å². The van der Waals surface area contributed by atoms with Crippen molar-refractivity contribution in [2.75, 3.05) is 13.2 Å². The predicted molar refractivity (Wildman–Crippen MR) is 156 cm³/mol. The summed E-state index contributed by atoms with van der Waals surface area (Å²) in [6.45, 7) is 6.81. The third-order valence-electron chi connectivity index (χ3n) is 8.81. The molecule has 2 heterocycles. The van der Waals surface area contributed by atoms with Crippen molar-refractivity contribution in [2.45, 2.75) is 90.6 Å². The van der Waals surface area contributed by atoms with Gasteiger partial charge >= 0.3 is 12.1 Å². The minimum absolute atomic E-state index is 0.00106. The first-order valence-electron chi connectivity index (χ1n) is 15.4. The topological polar surface area (TPSA) is 82.5 Å². The third kappa shape index (κ3) is 6.44. The average molecular weight is 600 g/mol. The van der Waals surface area contributed by atoms with Crippen LogP contribution in [0.4, 0.5) is 13.2 Å². The molecule has 1 aliphatic heterocycles. The number of carbonyl (C=O) groups is 2. The van der Waals surface area contributed by atoms with Crippen molar-refractivity contribution in [1.29, 1.82) is 0 Å². The largest absolute Gasteiger partial charge is 0.466 e. The highest BCUT2D eigenvalue weighted by molar-refractivity contribution is 6.06. The molecule has 232 valence electrons. The maximum Gasteiger partial charge on any atom is 0.416 e. The van der Waals surface area contributed by atoms with E-state index in [0.29, 0.717) is 36.3 Å². The van der Waals surface area contributed by atoms with E-state index in [0.717, 1.165) is 68.2 Å². The maximum absolute atomic E-state index is 13.7. The first-order chi connectivity index (χ1) is 20.7. The molecule has 2 aromatic carbocycles. The Labute approximate surface area is 250 Å². The van der Waals surface area contributed by atoms with Gasteiger partial charge in [-0.15, -0.1) is 0 Å². The van der Waals surface area contributed by atoms with Gasteiger partial charge in [0.2, 0.25) is 0 Å². The van der Waals surface area contributed by atoms with Crippen molar-refractivity contribution >= 4 is 22.8 Å². The smallest absolute Gasteiger partial charge is 0.416 e. The summed E-state index contributed by atoms with van der Waals surface area (Å²) in [5.74, 6) is -0.451. The summed E-state index contributed by atoms with van der Waals surface area (Å²) in [7, 11) is 0. The lowest BCUT2D eigenvalue weighted by atomic mass is 9.50. The molecule has 7 nitrogen and oxygen atoms in total. The van der Waals surface area contributed by atoms with E-state index in [4.69, 9.17) is 14.6 Å². The fourth-order valence-corrected chi connectivity index (χ4v) is 6.82. The molecule has 1 N–H and O–H groups in total. The van der Waals surface area contributed by atoms with Crippen LogP contribution < -0.4 is 5.32 Å². The highest BCUT2D eigenvalue weighted by atomic mass is 19.4. The SMILES string of the molecule is CC.CCOC(=O)C1CC2(CC(NC(=O)c3nn(C4CCCCO4)c4cccc(Cc5ccc(C(F)(F)F)cc5)c34)C2)C1. The number of carbonyl (C=O) groups excluding carboxylic acids is 2. The monoisotopic (exact) mass is 599 g/mol. The molecule has 1 spiro atoms. The fraction of sp³-hybridized carbons (Fsp3) is 0.545. The molecule has 1 unspecified atom stereocenters. The van der Waals surface area contributed by atoms with Gasteiger partial charge in [-0.2, -0.15) is 18.3 Å². The zero-order chi connectivity index (χ0) is 30.8. The second kappa shape index (κ2) is 12.7. The summed E-state index contributed by atoms with van der Waals surface area (Å²) < 4.78 is 52.2. The Hall–Kier alpha value is -3.40. The number of esters is 1. The van der Waals surface area contributed by atoms with Crippen molar-refractivity contribution in [2.24, 2.45) is 11.3 Å². The normalized spacial score (nSPS) is 24.8. The number of hydrogen-bond acceptors (Lipinski definition) is 5. The molecular weight excluding hydrogens is 559 g/mol. The van der Waals surface area contributed by atoms with E-state index in [1.54, 1.807) is 4.68 Å². The van der Waals surface area contributed by atoms with Crippen LogP contribution in [-0.4, -0.2) is 40.9 Å². The second-order valence-corrected chi connectivity index (χ2v) is 11.7. The van der Waals surface area contributed by atoms with Crippen molar-refractivity contribution < 1.29 is 32.2 Å². The van der Waals surface area contributed by atoms with E-state index in [-0.39, 0.29) is 35.5 Å². The molecule has 1 atom stereocenters. The highest BCUT2D eigenvalue weighted by Gasteiger charge is 2.55. The minimum atomic E-state index is -4.40. The molecule has 3 aromatic rings. The van der Waals surface area contributed by atoms with Crippen LogP contribution >= 0.6 is 0 Å². The highest BCUT2D eigenvalue weighted by Crippen LogP contribution is 2.59. The van der Waals surface area contributed by atoms with Gasteiger partial charge in [-0.3, -0.25) is 9.59 Å². The number of rotatable bonds is 7. The number of ether oxygens (including phenoxy) is 2. The van der Waals surface area contributed by atoms with Crippen LogP contribution in [0.1, 0.15) is 99.1 Å². The standard InChI is InChI=1S/C31H34F3N3O4.C2H6/c1-2-40-29(39)21-15-30(16-21)17-23(18-30)35-28(38)27-26-20(14-19-9-11-22(12-10-19)31(32,33)34)6-5-7-24(26)37(36-27)25-8-3-4-13-41-25;1-2/h5-7,9-12,21,23,25H,2-4,8,13-18H2,1H3,(H,35,38);1-2H3. The van der Waals surface area contributed by atoms with Crippen molar-refractivity contribution in [3.8, 4) is 0 Å². The van der Waals surface area contributed by atoms with E-state index < -0.39 is 11.7 Å². The van der Waals surface area contributed by atoms with E-state index >= 15 is 0 Å². The molecule has 1 aromatic heterocycles. The lowest BCUT2D eigenvalue weighted by molar-refractivity contribution is -0.162. The van der Waals surface area contributed by atoms with Gasteiger partial charge < -0.3 is 14.8 Å². The van der Waals surface area contributed by atoms with Crippen molar-refractivity contribution in [3.05, 3.63) is 64.8 Å². The Morgan fingerprint density at radius 3 is 2.42 bits per heavy atom. The van der Waals surface area contributed by atoms with Crippen molar-refractivity contribution in [3.63, 3.8) is 0 Å². The van der Waals surface area contributed by atoms with Gasteiger partial charge in [0.15, 0.2) is 11.9 Å². The number of amides is 1. The van der Waals surface area contributed by atoms with Crippen LogP contribution in [0.2, 0.25) is 0 Å². The fourth-order valence-electron chi connectivity index (χ4n) is 6.82. The number of halogens is 3. The Balaban J connectivity index is 0.00000180. The molecule has 2 aliphatic carbocycles. The van der Waals surface area contributed by atoms with Gasteiger partial charge in [0.25, 0.3) is 5.91 Å². The van der Waals surface area contributed by atoms with E-state index in [9.17, 15) is 22.8 Å². The van der Waals surface area contributed by atoms with Gasteiger partial charge in [0.1, 0.15) is 0 Å². The third-order valence-corrected chi connectivity index (χ3v) is 8.81. The summed E-state index contributed by atoms with van der Waals surface area (Å²) in [6, 6.07) is 10.8. The van der Waals surface area contributed by atoms with E-state index in [1.165, 1.54) is 12.1 Å². The average Bonchev–Trinajstić information content (AvgIpc) is 3.36. The number of nitrogens with one attached hydrogen (secondary N) is 1. The molecule has 3 fully saturated rings. The first-order valence-corrected chi connectivity index (χ1v) is 15.4. The Kier molecular flexibility index (Phi) is 9.15. The molecule has 0 bridgehead atoms. The zero-order valence-electron chi connectivity index (χ0n) is 25.0. The molecule has 1 saturated heterocycles. The molecule has 1 amide bonds. The zero-order valence-corrected chi connectivity index (χ0v) is 25.0. The summed E-state index contributed by atoms with van der Waals surface area (Å²) in [5, 5.41) is 8.61. The quantitative estimate of drug-likeness (QED) is 0.290. The van der Waals surface area contributed by atoms with Crippen LogP contribution in [0.5, 0.6) is 0 Å². The Morgan fingerprint density at radius 1 is 1.07 bits per heavy atom. The number of aromatic nitrogens is 2. The lowest BCUT2D eigenvalue weighted by Crippen LogP contribution is -2.57. The molecule has 2 saturated carbocycles. The first kappa shape index (κ1) is 31.0. The summed E-state index contributed by atoms with van der Waals surface area (Å²) >= 11 is 0. The summed E-state index contributed by atoms with van der Waals surface area (Å²) in [6.07, 6.45) is 1.66. The second-order valence-electron chi connectivity index (χ2n) is 11.7. The lowest BCUT2D eigenvalue weighted by Gasteiger charge is -2.56. The molecule has 3 aliphatic rings. The Bertz CT molecular complexity index is 1430. The Morgan fingerprint density at radius 2 is 1.79 bits per heavy atom. The van der Waals surface area contributed by atoms with Crippen LogP contribution in [0.3, 0.4) is 0 Å². The van der Waals surface area contributed by atoms with Crippen molar-refractivity contribution in [1.82, 2.24) is 15.1 Å². The number of alkyl halides is 3. The number of benzene rings is 2. The molecule has 0 radical (unpaired) electrons. The van der Waals surface area contributed by atoms with Crippen LogP contribution in [0, 0.1) is 11.3 Å². The number of hydrogen-bond donors (Lipinski definition) is 1. The molecular formula is C33H40F3N3O4. The molecule has 6 rings (SSSR count). The van der Waals surface area contributed by atoms with E-state index in [1.807, 2.05) is 39.0 Å². The van der Waals surface area contributed by atoms with E-state index in [2.05, 4.69) is 5.32 Å². The molecule has 10 heteroatoms. The van der Waals surface area contributed by atoms with Gasteiger partial charge in [-0.05, 0) is 93.0 Å². The van der Waals surface area contributed by atoms with Gasteiger partial charge in [0, 0.05) is 18.0 Å². The summed E-state index contributed by atoms with van der Waals surface area (Å²) in [4.78, 5) is 25.7. The summed E-state index contributed by atoms with van der Waals surface area (Å²) in [5.41, 5.74) is 2.00. The van der Waals surface area contributed by atoms with Crippen LogP contribution in [0.25, 0.3) is 10.9 Å².